The fourth-order valence-electron chi connectivity index (χ4n) is 1.98. The smallest absolute Gasteiger partial charge is 0.0455 e. The van der Waals surface area contributed by atoms with Gasteiger partial charge in [-0.25, -0.2) is 0 Å². The summed E-state index contributed by atoms with van der Waals surface area (Å²) >= 11 is 7.91. The molecule has 90 valence electrons. The number of rotatable bonds is 3. The first-order valence-corrected chi connectivity index (χ1v) is 7.04. The van der Waals surface area contributed by atoms with Crippen LogP contribution >= 0.6 is 22.9 Å². The molecule has 1 nitrogen and oxygen atoms in total. The van der Waals surface area contributed by atoms with Crippen LogP contribution in [0.4, 0.5) is 5.69 Å². The monoisotopic (exact) mass is 273 g/mol. The summed E-state index contributed by atoms with van der Waals surface area (Å²) in [5.74, 6) is 0. The summed E-state index contributed by atoms with van der Waals surface area (Å²) in [6, 6.07) is 16.4. The lowest BCUT2D eigenvalue weighted by atomic mass is 10.2. The maximum atomic E-state index is 6.15. The van der Waals surface area contributed by atoms with Crippen LogP contribution in [-0.4, -0.2) is 0 Å². The summed E-state index contributed by atoms with van der Waals surface area (Å²) in [6.07, 6.45) is 0. The summed E-state index contributed by atoms with van der Waals surface area (Å²) in [4.78, 5) is 0. The minimum Gasteiger partial charge on any atom is -0.380 e. The second kappa shape index (κ2) is 5.01. The number of benzene rings is 2. The van der Waals surface area contributed by atoms with Gasteiger partial charge in [0.1, 0.15) is 0 Å². The van der Waals surface area contributed by atoms with Crippen molar-refractivity contribution in [3.8, 4) is 0 Å². The Labute approximate surface area is 115 Å². The van der Waals surface area contributed by atoms with Gasteiger partial charge in [0.05, 0.1) is 0 Å². The van der Waals surface area contributed by atoms with Crippen molar-refractivity contribution in [2.24, 2.45) is 0 Å². The van der Waals surface area contributed by atoms with Crippen molar-refractivity contribution >= 4 is 38.7 Å². The van der Waals surface area contributed by atoms with E-state index < -0.39 is 0 Å². The van der Waals surface area contributed by atoms with Gasteiger partial charge >= 0.3 is 0 Å². The number of hydrogen-bond acceptors (Lipinski definition) is 2. The molecule has 3 rings (SSSR count). The SMILES string of the molecule is Clc1ccccc1CNc1cccc2sccc12. The Hall–Kier alpha value is -1.51. The van der Waals surface area contributed by atoms with Gasteiger partial charge in [0.25, 0.3) is 0 Å². The highest BCUT2D eigenvalue weighted by Gasteiger charge is 2.03. The number of hydrogen-bond donors (Lipinski definition) is 1. The van der Waals surface area contributed by atoms with Gasteiger partial charge in [-0.1, -0.05) is 35.9 Å². The third-order valence-corrected chi connectivity index (χ3v) is 4.17. The molecule has 0 fully saturated rings. The van der Waals surface area contributed by atoms with Crippen LogP contribution < -0.4 is 5.32 Å². The Morgan fingerprint density at radius 2 is 1.89 bits per heavy atom. The van der Waals surface area contributed by atoms with E-state index in [4.69, 9.17) is 11.6 Å². The molecule has 0 radical (unpaired) electrons. The van der Waals surface area contributed by atoms with Crippen LogP contribution in [0.25, 0.3) is 10.1 Å². The molecule has 0 aliphatic rings. The van der Waals surface area contributed by atoms with Crippen LogP contribution in [0.2, 0.25) is 5.02 Å². The Kier molecular flexibility index (Phi) is 3.22. The minimum absolute atomic E-state index is 0.745. The van der Waals surface area contributed by atoms with Gasteiger partial charge in [0, 0.05) is 27.3 Å². The van der Waals surface area contributed by atoms with Crippen LogP contribution in [0.3, 0.4) is 0 Å². The predicted molar refractivity (Wildman–Crippen MR) is 80.6 cm³/mol. The highest BCUT2D eigenvalue weighted by atomic mass is 35.5. The van der Waals surface area contributed by atoms with Gasteiger partial charge in [-0.05, 0) is 35.2 Å². The molecule has 0 saturated carbocycles. The molecule has 1 aromatic heterocycles. The highest BCUT2D eigenvalue weighted by Crippen LogP contribution is 2.28. The van der Waals surface area contributed by atoms with Crippen molar-refractivity contribution in [1.82, 2.24) is 0 Å². The maximum absolute atomic E-state index is 6.15. The average molecular weight is 274 g/mol. The number of fused-ring (bicyclic) bond motifs is 1. The zero-order chi connectivity index (χ0) is 12.4. The van der Waals surface area contributed by atoms with Crippen LogP contribution in [0, 0.1) is 0 Å². The van der Waals surface area contributed by atoms with Gasteiger partial charge in [0.15, 0.2) is 0 Å². The van der Waals surface area contributed by atoms with Crippen molar-refractivity contribution in [3.05, 3.63) is 64.5 Å². The molecule has 3 aromatic rings. The van der Waals surface area contributed by atoms with E-state index in [1.165, 1.54) is 10.1 Å². The van der Waals surface area contributed by atoms with Crippen molar-refractivity contribution < 1.29 is 0 Å². The lowest BCUT2D eigenvalue weighted by molar-refractivity contribution is 1.16. The van der Waals surface area contributed by atoms with E-state index in [-0.39, 0.29) is 0 Å². The van der Waals surface area contributed by atoms with E-state index >= 15 is 0 Å². The van der Waals surface area contributed by atoms with Crippen LogP contribution in [0.1, 0.15) is 5.56 Å². The van der Waals surface area contributed by atoms with E-state index in [1.54, 1.807) is 11.3 Å². The van der Waals surface area contributed by atoms with Gasteiger partial charge in [0.2, 0.25) is 0 Å². The summed E-state index contributed by atoms with van der Waals surface area (Å²) in [5, 5.41) is 7.65. The molecule has 1 N–H and O–H groups in total. The third kappa shape index (κ3) is 2.22. The minimum atomic E-state index is 0.745. The lowest BCUT2D eigenvalue weighted by Gasteiger charge is -2.09. The molecule has 0 saturated heterocycles. The van der Waals surface area contributed by atoms with Crippen LogP contribution in [-0.2, 0) is 6.54 Å². The van der Waals surface area contributed by atoms with Crippen molar-refractivity contribution in [1.29, 1.82) is 0 Å². The fourth-order valence-corrected chi connectivity index (χ4v) is 3.00. The topological polar surface area (TPSA) is 12.0 Å². The molecular weight excluding hydrogens is 262 g/mol. The lowest BCUT2D eigenvalue weighted by Crippen LogP contribution is -1.99. The van der Waals surface area contributed by atoms with Crippen LogP contribution in [0.15, 0.2) is 53.9 Å². The first kappa shape index (κ1) is 11.6. The zero-order valence-corrected chi connectivity index (χ0v) is 11.3. The van der Waals surface area contributed by atoms with E-state index in [0.717, 1.165) is 22.8 Å². The summed E-state index contributed by atoms with van der Waals surface area (Å²) in [7, 11) is 0. The predicted octanol–water partition coefficient (Wildman–Crippen LogP) is 5.17. The Morgan fingerprint density at radius 1 is 1.00 bits per heavy atom. The molecule has 0 unspecified atom stereocenters. The first-order valence-electron chi connectivity index (χ1n) is 5.78. The number of nitrogens with one attached hydrogen (secondary N) is 1. The molecule has 18 heavy (non-hydrogen) atoms. The molecule has 0 aliphatic heterocycles. The number of halogens is 1. The summed E-state index contributed by atoms with van der Waals surface area (Å²) in [6.45, 7) is 0.745. The molecular formula is C15H12ClNS. The third-order valence-electron chi connectivity index (χ3n) is 2.92. The van der Waals surface area contributed by atoms with E-state index in [0.29, 0.717) is 0 Å². The summed E-state index contributed by atoms with van der Waals surface area (Å²) in [5.41, 5.74) is 2.28. The highest BCUT2D eigenvalue weighted by molar-refractivity contribution is 7.17. The molecule has 0 bridgehead atoms. The Balaban J connectivity index is 1.85. The molecule has 1 heterocycles. The maximum Gasteiger partial charge on any atom is 0.0455 e. The van der Waals surface area contributed by atoms with Gasteiger partial charge in [-0.2, -0.15) is 0 Å². The van der Waals surface area contributed by atoms with Crippen molar-refractivity contribution in [2.75, 3.05) is 5.32 Å². The molecule has 0 aliphatic carbocycles. The zero-order valence-electron chi connectivity index (χ0n) is 9.69. The molecule has 0 atom stereocenters. The van der Waals surface area contributed by atoms with Crippen molar-refractivity contribution in [3.63, 3.8) is 0 Å². The van der Waals surface area contributed by atoms with Crippen molar-refractivity contribution in [2.45, 2.75) is 6.54 Å². The average Bonchev–Trinajstić information content (AvgIpc) is 2.86. The van der Waals surface area contributed by atoms with Gasteiger partial charge < -0.3 is 5.32 Å². The van der Waals surface area contributed by atoms with Gasteiger partial charge in [-0.15, -0.1) is 11.3 Å². The molecule has 0 spiro atoms. The van der Waals surface area contributed by atoms with E-state index in [2.05, 4.69) is 35.0 Å². The number of thiophene rings is 1. The van der Waals surface area contributed by atoms with Gasteiger partial charge in [-0.3, -0.25) is 0 Å². The van der Waals surface area contributed by atoms with Crippen LogP contribution in [0.5, 0.6) is 0 Å². The summed E-state index contributed by atoms with van der Waals surface area (Å²) < 4.78 is 1.30. The molecule has 0 amide bonds. The largest absolute Gasteiger partial charge is 0.380 e. The molecule has 2 aromatic carbocycles. The first-order chi connectivity index (χ1) is 8.84. The normalized spacial score (nSPS) is 10.7. The Bertz CT molecular complexity index is 675. The fraction of sp³-hybridized carbons (Fsp3) is 0.0667. The number of anilines is 1. The second-order valence-corrected chi connectivity index (χ2v) is 5.44. The quantitative estimate of drug-likeness (QED) is 0.694. The molecule has 3 heteroatoms. The van der Waals surface area contributed by atoms with E-state index in [9.17, 15) is 0 Å². The standard InChI is InChI=1S/C15H12ClNS/c16-13-5-2-1-4-11(13)10-17-14-6-3-7-15-12(14)8-9-18-15/h1-9,17H,10H2. The Morgan fingerprint density at radius 3 is 2.78 bits per heavy atom. The second-order valence-electron chi connectivity index (χ2n) is 4.08. The van der Waals surface area contributed by atoms with E-state index in [1.807, 2.05) is 24.3 Å².